The Bertz CT molecular complexity index is 1010. The van der Waals surface area contributed by atoms with Gasteiger partial charge in [-0.25, -0.2) is 4.98 Å². The molecule has 32 heavy (non-hydrogen) atoms. The molecule has 0 radical (unpaired) electrons. The Morgan fingerprint density at radius 1 is 1.31 bits per heavy atom. The quantitative estimate of drug-likeness (QED) is 0.515. The Morgan fingerprint density at radius 2 is 2.06 bits per heavy atom. The van der Waals surface area contributed by atoms with Gasteiger partial charge < -0.3 is 20.7 Å². The fraction of sp³-hybridized carbons (Fsp3) is 0.538. The number of carbonyl (C=O) groups is 1. The molecule has 1 saturated carbocycles. The van der Waals surface area contributed by atoms with Gasteiger partial charge in [0.15, 0.2) is 0 Å². The Hall–Kier alpha value is -2.18. The molecule has 3 N–H and O–H groups in total. The van der Waals surface area contributed by atoms with Crippen molar-refractivity contribution < 1.29 is 4.79 Å². The van der Waals surface area contributed by atoms with E-state index in [1.54, 1.807) is 18.3 Å². The average molecular weight is 453 g/mol. The summed E-state index contributed by atoms with van der Waals surface area (Å²) in [6.45, 7) is 14.7. The van der Waals surface area contributed by atoms with E-state index in [4.69, 9.17) is 5.73 Å². The highest BCUT2D eigenvalue weighted by Gasteiger charge is 2.44. The first kappa shape index (κ1) is 23.0. The van der Waals surface area contributed by atoms with Crippen LogP contribution in [0.25, 0.3) is 15.9 Å². The molecule has 1 aromatic heterocycles. The summed E-state index contributed by atoms with van der Waals surface area (Å²) in [7, 11) is 0. The summed E-state index contributed by atoms with van der Waals surface area (Å²) in [5, 5.41) is 3.64. The first-order chi connectivity index (χ1) is 15.3. The Balaban J connectivity index is 1.53. The monoisotopic (exact) mass is 452 g/mol. The van der Waals surface area contributed by atoms with Crippen molar-refractivity contribution in [3.63, 3.8) is 0 Å². The number of nitrogens with one attached hydrogen (secondary N) is 1. The fourth-order valence-corrected chi connectivity index (χ4v) is 6.15. The lowest BCUT2D eigenvalue weighted by Crippen LogP contribution is -2.61. The highest BCUT2D eigenvalue weighted by atomic mass is 32.1. The maximum absolute atomic E-state index is 11.5. The largest absolute Gasteiger partial charge is 0.372 e. The van der Waals surface area contributed by atoms with Crippen molar-refractivity contribution in [2.75, 3.05) is 13.1 Å². The lowest BCUT2D eigenvalue weighted by atomic mass is 9.87. The summed E-state index contributed by atoms with van der Waals surface area (Å²) in [6, 6.07) is 6.24. The maximum Gasteiger partial charge on any atom is 0.129 e. The van der Waals surface area contributed by atoms with Gasteiger partial charge in [0.1, 0.15) is 11.4 Å². The molecule has 2 aromatic rings. The van der Waals surface area contributed by atoms with Gasteiger partial charge in [-0.15, -0.1) is 11.3 Å². The van der Waals surface area contributed by atoms with Crippen molar-refractivity contribution in [1.29, 1.82) is 0 Å². The molecule has 2 heterocycles. The van der Waals surface area contributed by atoms with Crippen LogP contribution in [0.2, 0.25) is 0 Å². The van der Waals surface area contributed by atoms with Gasteiger partial charge in [0, 0.05) is 36.8 Å². The number of nitrogens with zero attached hydrogens (tertiary/aromatic N) is 2. The molecule has 1 aliphatic heterocycles. The van der Waals surface area contributed by atoms with Gasteiger partial charge in [0.2, 0.25) is 0 Å². The molecule has 4 rings (SSSR count). The first-order valence-corrected chi connectivity index (χ1v) is 12.7. The predicted octanol–water partition coefficient (Wildman–Crippen LogP) is 5.15. The average Bonchev–Trinajstić information content (AvgIpc) is 3.51. The molecule has 3 atom stereocenters. The topological polar surface area (TPSA) is 71.2 Å². The second-order valence-electron chi connectivity index (χ2n) is 9.82. The van der Waals surface area contributed by atoms with Crippen molar-refractivity contribution >= 4 is 33.0 Å². The van der Waals surface area contributed by atoms with E-state index < -0.39 is 5.66 Å². The molecule has 0 spiro atoms. The van der Waals surface area contributed by atoms with Crippen LogP contribution in [-0.4, -0.2) is 34.4 Å². The molecular weight excluding hydrogens is 416 g/mol. The SMILES string of the molecule is C=C(NC(N)(C(=C)N1CC(CCC(C)=O)[C@@H](C)C1)C1CCCC1)c1ccc2ncsc2c1. The van der Waals surface area contributed by atoms with Crippen molar-refractivity contribution in [3.8, 4) is 0 Å². The predicted molar refractivity (Wildman–Crippen MR) is 134 cm³/mol. The number of hydrogen-bond donors (Lipinski definition) is 2. The molecular formula is C26H36N4OS. The number of fused-ring (bicyclic) bond motifs is 1. The number of carbonyl (C=O) groups excluding carboxylic acids is 1. The minimum atomic E-state index is -0.731. The number of Topliss-reactive ketones (excluding diaryl/α,β-unsaturated/α-hetero) is 1. The van der Waals surface area contributed by atoms with Crippen molar-refractivity contribution in [1.82, 2.24) is 15.2 Å². The number of hydrogen-bond acceptors (Lipinski definition) is 6. The van der Waals surface area contributed by atoms with Gasteiger partial charge in [-0.3, -0.25) is 0 Å². The summed E-state index contributed by atoms with van der Waals surface area (Å²) < 4.78 is 1.15. The molecule has 0 bridgehead atoms. The van der Waals surface area contributed by atoms with Crippen molar-refractivity contribution in [2.45, 2.75) is 58.0 Å². The van der Waals surface area contributed by atoms with Crippen LogP contribution in [0.4, 0.5) is 0 Å². The number of likely N-dealkylation sites (tertiary alicyclic amines) is 1. The standard InChI is InChI=1S/C26H36N4OS/c1-17-14-30(15-22(17)10-9-18(2)31)20(4)26(27,23-7-5-6-8-23)29-19(3)21-11-12-24-25(13-21)32-16-28-24/h11-13,16-17,22-23,29H,3-10,14-15,27H2,1-2H3/t17-,22?,26?/m0/s1. The van der Waals surface area contributed by atoms with Crippen molar-refractivity contribution in [2.24, 2.45) is 23.5 Å². The zero-order chi connectivity index (χ0) is 22.9. The highest BCUT2D eigenvalue weighted by Crippen LogP contribution is 2.40. The van der Waals surface area contributed by atoms with Crippen LogP contribution in [0, 0.1) is 17.8 Å². The normalized spacial score (nSPS) is 23.4. The fourth-order valence-electron chi connectivity index (χ4n) is 5.44. The Morgan fingerprint density at radius 3 is 2.78 bits per heavy atom. The summed E-state index contributed by atoms with van der Waals surface area (Å²) in [5.74, 6) is 1.62. The van der Waals surface area contributed by atoms with Crippen LogP contribution in [0.1, 0.15) is 57.9 Å². The molecule has 2 unspecified atom stereocenters. The molecule has 1 saturated heterocycles. The van der Waals surface area contributed by atoms with E-state index in [-0.39, 0.29) is 5.78 Å². The van der Waals surface area contributed by atoms with Crippen LogP contribution >= 0.6 is 11.3 Å². The second kappa shape index (κ2) is 9.36. The molecule has 2 fully saturated rings. The molecule has 1 aromatic carbocycles. The van der Waals surface area contributed by atoms with E-state index >= 15 is 0 Å². The van der Waals surface area contributed by atoms with Gasteiger partial charge in [-0.2, -0.15) is 0 Å². The third-order valence-corrected chi connectivity index (χ3v) is 8.32. The van der Waals surface area contributed by atoms with Crippen LogP contribution in [0.15, 0.2) is 42.6 Å². The lowest BCUT2D eigenvalue weighted by molar-refractivity contribution is -0.117. The minimum absolute atomic E-state index is 0.268. The molecule has 172 valence electrons. The summed E-state index contributed by atoms with van der Waals surface area (Å²) in [5.41, 5.74) is 12.2. The molecule has 5 nitrogen and oxygen atoms in total. The van der Waals surface area contributed by atoms with E-state index in [0.717, 1.165) is 59.5 Å². The van der Waals surface area contributed by atoms with E-state index in [9.17, 15) is 4.79 Å². The highest BCUT2D eigenvalue weighted by molar-refractivity contribution is 7.16. The lowest BCUT2D eigenvalue weighted by Gasteiger charge is -2.43. The van der Waals surface area contributed by atoms with Crippen LogP contribution < -0.4 is 11.1 Å². The maximum atomic E-state index is 11.5. The summed E-state index contributed by atoms with van der Waals surface area (Å²) in [6.07, 6.45) is 6.20. The second-order valence-corrected chi connectivity index (χ2v) is 10.7. The molecule has 6 heteroatoms. The van der Waals surface area contributed by atoms with Gasteiger partial charge in [-0.1, -0.05) is 39.0 Å². The van der Waals surface area contributed by atoms with E-state index in [0.29, 0.717) is 24.2 Å². The third kappa shape index (κ3) is 4.62. The number of rotatable bonds is 9. The zero-order valence-corrected chi connectivity index (χ0v) is 20.2. The van der Waals surface area contributed by atoms with Crippen LogP contribution in [0.3, 0.4) is 0 Å². The molecule has 1 aliphatic carbocycles. The van der Waals surface area contributed by atoms with Gasteiger partial charge in [-0.05, 0) is 55.7 Å². The zero-order valence-electron chi connectivity index (χ0n) is 19.4. The van der Waals surface area contributed by atoms with Crippen LogP contribution in [-0.2, 0) is 4.79 Å². The number of aromatic nitrogens is 1. The van der Waals surface area contributed by atoms with E-state index in [1.165, 1.54) is 12.8 Å². The smallest absolute Gasteiger partial charge is 0.129 e. The number of benzene rings is 1. The molecule has 2 aliphatic rings. The summed E-state index contributed by atoms with van der Waals surface area (Å²) >= 11 is 1.63. The Kier molecular flexibility index (Phi) is 6.72. The number of ketones is 1. The van der Waals surface area contributed by atoms with Crippen LogP contribution in [0.5, 0.6) is 0 Å². The number of nitrogens with two attached hydrogens (primary N) is 1. The van der Waals surface area contributed by atoms with Crippen molar-refractivity contribution in [3.05, 3.63) is 48.1 Å². The summed E-state index contributed by atoms with van der Waals surface area (Å²) in [4.78, 5) is 18.2. The van der Waals surface area contributed by atoms with Gasteiger partial charge >= 0.3 is 0 Å². The van der Waals surface area contributed by atoms with E-state index in [1.807, 2.05) is 11.6 Å². The van der Waals surface area contributed by atoms with Gasteiger partial charge in [0.25, 0.3) is 0 Å². The molecule has 0 amide bonds. The Labute approximate surface area is 195 Å². The minimum Gasteiger partial charge on any atom is -0.372 e. The van der Waals surface area contributed by atoms with Gasteiger partial charge in [0.05, 0.1) is 15.7 Å². The first-order valence-electron chi connectivity index (χ1n) is 11.8. The van der Waals surface area contributed by atoms with E-state index in [2.05, 4.69) is 47.4 Å². The number of thiazole rings is 1. The third-order valence-electron chi connectivity index (χ3n) is 7.53.